The first-order valence-electron chi connectivity index (χ1n) is 8.07. The number of nitrogens with zero attached hydrogens (tertiary/aromatic N) is 1. The molecule has 1 aliphatic rings. The number of nitrogens with one attached hydrogen (secondary N) is 1. The Hall–Kier alpha value is -1.71. The van der Waals surface area contributed by atoms with Crippen LogP contribution in [-0.4, -0.2) is 29.3 Å². The number of rotatable bonds is 6. The molecule has 3 rings (SSSR count). The van der Waals surface area contributed by atoms with Crippen LogP contribution in [0.15, 0.2) is 48.8 Å². The van der Waals surface area contributed by atoms with Gasteiger partial charge in [-0.25, -0.2) is 0 Å². The molecule has 0 aliphatic heterocycles. The average molecular weight is 296 g/mol. The molecule has 1 heterocycles. The van der Waals surface area contributed by atoms with Crippen LogP contribution in [0.25, 0.3) is 0 Å². The molecule has 1 aromatic heterocycles. The molecule has 2 aromatic rings. The highest BCUT2D eigenvalue weighted by molar-refractivity contribution is 5.31. The molecule has 0 spiro atoms. The van der Waals surface area contributed by atoms with Crippen molar-refractivity contribution in [2.45, 2.75) is 37.6 Å². The number of aromatic nitrogens is 1. The highest BCUT2D eigenvalue weighted by Crippen LogP contribution is 2.38. The Morgan fingerprint density at radius 1 is 1.23 bits per heavy atom. The zero-order valence-electron chi connectivity index (χ0n) is 13.1. The molecule has 1 aliphatic carbocycles. The van der Waals surface area contributed by atoms with Crippen molar-refractivity contribution in [3.05, 3.63) is 65.5 Å². The van der Waals surface area contributed by atoms with Crippen molar-refractivity contribution in [3.63, 3.8) is 0 Å². The number of aliphatic hydroxyl groups is 1. The van der Waals surface area contributed by atoms with E-state index >= 15 is 0 Å². The standard InChI is InChI=1S/C19H24N2O/c1-14-5-2-3-7-19(14)16-9-18(10-16)21-12-17(13-22)15-6-4-8-20-11-15/h2-8,11,16-18,21-22H,9-10,12-13H2,1H3. The molecule has 2 N–H and O–H groups in total. The molecule has 1 saturated carbocycles. The van der Waals surface area contributed by atoms with Crippen LogP contribution in [0, 0.1) is 6.92 Å². The minimum absolute atomic E-state index is 0.131. The first kappa shape index (κ1) is 15.2. The van der Waals surface area contributed by atoms with Crippen molar-refractivity contribution >= 4 is 0 Å². The summed E-state index contributed by atoms with van der Waals surface area (Å²) in [4.78, 5) is 4.14. The van der Waals surface area contributed by atoms with Crippen LogP contribution >= 0.6 is 0 Å². The van der Waals surface area contributed by atoms with Crippen LogP contribution in [0.3, 0.4) is 0 Å². The van der Waals surface area contributed by atoms with Gasteiger partial charge in [0.1, 0.15) is 0 Å². The van der Waals surface area contributed by atoms with Gasteiger partial charge in [-0.15, -0.1) is 0 Å². The molecule has 116 valence electrons. The Balaban J connectivity index is 1.49. The van der Waals surface area contributed by atoms with Gasteiger partial charge >= 0.3 is 0 Å². The van der Waals surface area contributed by atoms with E-state index in [1.807, 2.05) is 18.3 Å². The summed E-state index contributed by atoms with van der Waals surface area (Å²) in [7, 11) is 0. The number of benzene rings is 1. The fraction of sp³-hybridized carbons (Fsp3) is 0.421. The van der Waals surface area contributed by atoms with Gasteiger partial charge in [0.2, 0.25) is 0 Å². The van der Waals surface area contributed by atoms with Crippen molar-refractivity contribution in [2.75, 3.05) is 13.2 Å². The summed E-state index contributed by atoms with van der Waals surface area (Å²) in [5.41, 5.74) is 3.99. The molecule has 22 heavy (non-hydrogen) atoms. The van der Waals surface area contributed by atoms with E-state index < -0.39 is 0 Å². The van der Waals surface area contributed by atoms with Crippen LogP contribution in [-0.2, 0) is 0 Å². The molecule has 0 radical (unpaired) electrons. The molecule has 0 saturated heterocycles. The lowest BCUT2D eigenvalue weighted by molar-refractivity contribution is 0.237. The number of hydrogen-bond acceptors (Lipinski definition) is 3. The summed E-state index contributed by atoms with van der Waals surface area (Å²) in [6.07, 6.45) is 6.00. The normalized spacial score (nSPS) is 22.1. The zero-order valence-corrected chi connectivity index (χ0v) is 13.1. The summed E-state index contributed by atoms with van der Waals surface area (Å²) in [5, 5.41) is 13.2. The number of pyridine rings is 1. The molecule has 3 heteroatoms. The van der Waals surface area contributed by atoms with Crippen molar-refractivity contribution in [2.24, 2.45) is 0 Å². The average Bonchev–Trinajstić information content (AvgIpc) is 2.52. The van der Waals surface area contributed by atoms with Gasteiger partial charge in [-0.05, 0) is 48.4 Å². The van der Waals surface area contributed by atoms with E-state index in [9.17, 15) is 5.11 Å². The second kappa shape index (κ2) is 7.03. The fourth-order valence-electron chi connectivity index (χ4n) is 3.30. The van der Waals surface area contributed by atoms with Gasteiger partial charge in [0, 0.05) is 30.9 Å². The van der Waals surface area contributed by atoms with Gasteiger partial charge in [0.05, 0.1) is 6.61 Å². The van der Waals surface area contributed by atoms with E-state index in [0.29, 0.717) is 12.0 Å². The lowest BCUT2D eigenvalue weighted by Gasteiger charge is -2.38. The van der Waals surface area contributed by atoms with E-state index in [4.69, 9.17) is 0 Å². The summed E-state index contributed by atoms with van der Waals surface area (Å²) >= 11 is 0. The molecule has 0 amide bonds. The topological polar surface area (TPSA) is 45.1 Å². The summed E-state index contributed by atoms with van der Waals surface area (Å²) in [5.74, 6) is 0.816. The molecule has 1 fully saturated rings. The molecule has 0 bridgehead atoms. The lowest BCUT2D eigenvalue weighted by atomic mass is 9.74. The Bertz CT molecular complexity index is 593. The first-order chi connectivity index (χ1) is 10.8. The van der Waals surface area contributed by atoms with Crippen molar-refractivity contribution in [1.29, 1.82) is 0 Å². The van der Waals surface area contributed by atoms with Gasteiger partial charge in [-0.1, -0.05) is 30.3 Å². The lowest BCUT2D eigenvalue weighted by Crippen LogP contribution is -2.42. The second-order valence-corrected chi connectivity index (χ2v) is 6.30. The van der Waals surface area contributed by atoms with Gasteiger partial charge in [-0.3, -0.25) is 4.98 Å². The van der Waals surface area contributed by atoms with Crippen LogP contribution in [0.2, 0.25) is 0 Å². The smallest absolute Gasteiger partial charge is 0.0512 e. The quantitative estimate of drug-likeness (QED) is 0.861. The number of hydrogen-bond donors (Lipinski definition) is 2. The highest BCUT2D eigenvalue weighted by atomic mass is 16.3. The van der Waals surface area contributed by atoms with E-state index in [0.717, 1.165) is 12.1 Å². The van der Waals surface area contributed by atoms with Crippen molar-refractivity contribution in [3.8, 4) is 0 Å². The van der Waals surface area contributed by atoms with Gasteiger partial charge in [0.15, 0.2) is 0 Å². The van der Waals surface area contributed by atoms with E-state index in [1.54, 1.807) is 6.20 Å². The Morgan fingerprint density at radius 2 is 2.05 bits per heavy atom. The molecular weight excluding hydrogens is 272 g/mol. The third-order valence-electron chi connectivity index (χ3n) is 4.80. The van der Waals surface area contributed by atoms with E-state index in [1.165, 1.54) is 24.0 Å². The Kier molecular flexibility index (Phi) is 4.86. The van der Waals surface area contributed by atoms with Gasteiger partial charge < -0.3 is 10.4 Å². The van der Waals surface area contributed by atoms with Crippen molar-refractivity contribution < 1.29 is 5.11 Å². The summed E-state index contributed by atoms with van der Waals surface area (Å²) in [6, 6.07) is 13.2. The second-order valence-electron chi connectivity index (χ2n) is 6.30. The monoisotopic (exact) mass is 296 g/mol. The third kappa shape index (κ3) is 3.37. The number of aliphatic hydroxyl groups excluding tert-OH is 1. The third-order valence-corrected chi connectivity index (χ3v) is 4.80. The summed E-state index contributed by atoms with van der Waals surface area (Å²) < 4.78 is 0. The maximum absolute atomic E-state index is 9.58. The maximum atomic E-state index is 9.58. The predicted molar refractivity (Wildman–Crippen MR) is 89.0 cm³/mol. The molecule has 1 unspecified atom stereocenters. The highest BCUT2D eigenvalue weighted by Gasteiger charge is 2.31. The molecule has 3 nitrogen and oxygen atoms in total. The largest absolute Gasteiger partial charge is 0.396 e. The van der Waals surface area contributed by atoms with Crippen LogP contribution < -0.4 is 5.32 Å². The predicted octanol–water partition coefficient (Wildman–Crippen LogP) is 3.00. The first-order valence-corrected chi connectivity index (χ1v) is 8.07. The minimum atomic E-state index is 0.131. The zero-order chi connectivity index (χ0) is 15.4. The van der Waals surface area contributed by atoms with E-state index in [2.05, 4.69) is 41.5 Å². The van der Waals surface area contributed by atoms with Crippen LogP contribution in [0.5, 0.6) is 0 Å². The molecular formula is C19H24N2O. The van der Waals surface area contributed by atoms with Gasteiger partial charge in [-0.2, -0.15) is 0 Å². The minimum Gasteiger partial charge on any atom is -0.396 e. The fourth-order valence-corrected chi connectivity index (χ4v) is 3.30. The Labute approximate surface area is 132 Å². The van der Waals surface area contributed by atoms with Crippen molar-refractivity contribution in [1.82, 2.24) is 10.3 Å². The van der Waals surface area contributed by atoms with E-state index in [-0.39, 0.29) is 12.5 Å². The Morgan fingerprint density at radius 3 is 2.73 bits per heavy atom. The van der Waals surface area contributed by atoms with Gasteiger partial charge in [0.25, 0.3) is 0 Å². The molecule has 1 atom stereocenters. The summed E-state index contributed by atoms with van der Waals surface area (Å²) in [6.45, 7) is 3.17. The number of aryl methyl sites for hydroxylation is 1. The van der Waals surface area contributed by atoms with Crippen LogP contribution in [0.1, 0.15) is 41.4 Å². The SMILES string of the molecule is Cc1ccccc1C1CC(NCC(CO)c2cccnc2)C1. The maximum Gasteiger partial charge on any atom is 0.0512 e. The van der Waals surface area contributed by atoms with Crippen LogP contribution in [0.4, 0.5) is 0 Å². The molecule has 1 aromatic carbocycles.